The molecule has 2 aliphatic rings. The first kappa shape index (κ1) is 13.6. The Labute approximate surface area is 119 Å². The lowest BCUT2D eigenvalue weighted by molar-refractivity contribution is -0.00705. The van der Waals surface area contributed by atoms with Gasteiger partial charge in [0.25, 0.3) is 5.91 Å². The number of carbonyl (C=O) groups excluding carboxylic acids is 1. The SMILES string of the molecule is CCN(C(=O)c1n[nH]c2c1C[C@H](C)O[C@@H]2C)C1CCC1. The lowest BCUT2D eigenvalue weighted by atomic mass is 9.90. The van der Waals surface area contributed by atoms with Crippen molar-refractivity contribution in [3.63, 3.8) is 0 Å². The summed E-state index contributed by atoms with van der Waals surface area (Å²) in [6, 6.07) is 0.412. The maximum absolute atomic E-state index is 12.8. The smallest absolute Gasteiger partial charge is 0.274 e. The van der Waals surface area contributed by atoms with Gasteiger partial charge in [-0.05, 0) is 40.0 Å². The summed E-state index contributed by atoms with van der Waals surface area (Å²) in [7, 11) is 0. The Morgan fingerprint density at radius 2 is 2.20 bits per heavy atom. The molecule has 0 unspecified atom stereocenters. The van der Waals surface area contributed by atoms with Gasteiger partial charge in [-0.2, -0.15) is 5.10 Å². The molecule has 1 fully saturated rings. The van der Waals surface area contributed by atoms with Crippen LogP contribution in [0.25, 0.3) is 0 Å². The van der Waals surface area contributed by atoms with Crippen molar-refractivity contribution in [3.05, 3.63) is 17.0 Å². The quantitative estimate of drug-likeness (QED) is 0.923. The van der Waals surface area contributed by atoms with Gasteiger partial charge in [0.05, 0.1) is 17.9 Å². The highest BCUT2D eigenvalue weighted by Gasteiger charge is 2.34. The molecule has 1 saturated carbocycles. The van der Waals surface area contributed by atoms with E-state index in [1.54, 1.807) is 0 Å². The molecule has 1 N–H and O–H groups in total. The lowest BCUT2D eigenvalue weighted by Crippen LogP contribution is -2.44. The van der Waals surface area contributed by atoms with Crippen LogP contribution in [0, 0.1) is 0 Å². The Balaban J connectivity index is 1.88. The summed E-state index contributed by atoms with van der Waals surface area (Å²) in [6.45, 7) is 6.85. The Morgan fingerprint density at radius 3 is 2.80 bits per heavy atom. The van der Waals surface area contributed by atoms with E-state index in [0.29, 0.717) is 11.7 Å². The molecule has 5 heteroatoms. The predicted molar refractivity (Wildman–Crippen MR) is 75.6 cm³/mol. The number of rotatable bonds is 3. The van der Waals surface area contributed by atoms with Crippen LogP contribution in [0.2, 0.25) is 0 Å². The standard InChI is InChI=1S/C15H23N3O2/c1-4-18(11-6-5-7-11)15(19)14-12-8-9(2)20-10(3)13(12)16-17-14/h9-11H,4-8H2,1-3H3,(H,16,17)/t9-,10+/m0/s1. The number of carbonyl (C=O) groups is 1. The molecule has 3 rings (SSSR count). The summed E-state index contributed by atoms with van der Waals surface area (Å²) in [5.41, 5.74) is 2.63. The van der Waals surface area contributed by atoms with Crippen molar-refractivity contribution >= 4 is 5.91 Å². The molecule has 0 bridgehead atoms. The normalized spacial score (nSPS) is 25.9. The second kappa shape index (κ2) is 5.20. The average Bonchev–Trinajstić information content (AvgIpc) is 2.76. The van der Waals surface area contributed by atoms with Crippen molar-refractivity contribution in [2.24, 2.45) is 0 Å². The van der Waals surface area contributed by atoms with Crippen molar-refractivity contribution in [1.29, 1.82) is 0 Å². The summed E-state index contributed by atoms with van der Waals surface area (Å²) < 4.78 is 5.78. The van der Waals surface area contributed by atoms with Gasteiger partial charge in [-0.1, -0.05) is 0 Å². The number of hydrogen-bond donors (Lipinski definition) is 1. The lowest BCUT2D eigenvalue weighted by Gasteiger charge is -2.36. The minimum absolute atomic E-state index is 0.0124. The fourth-order valence-electron chi connectivity index (χ4n) is 3.25. The molecular formula is C15H23N3O2. The van der Waals surface area contributed by atoms with Gasteiger partial charge in [-0.15, -0.1) is 0 Å². The highest BCUT2D eigenvalue weighted by Crippen LogP contribution is 2.32. The molecule has 2 atom stereocenters. The largest absolute Gasteiger partial charge is 0.369 e. The number of aromatic amines is 1. The summed E-state index contributed by atoms with van der Waals surface area (Å²) in [4.78, 5) is 14.7. The van der Waals surface area contributed by atoms with Crippen LogP contribution < -0.4 is 0 Å². The topological polar surface area (TPSA) is 58.2 Å². The summed E-state index contributed by atoms with van der Waals surface area (Å²) >= 11 is 0. The Morgan fingerprint density at radius 1 is 1.45 bits per heavy atom. The zero-order valence-electron chi connectivity index (χ0n) is 12.5. The zero-order chi connectivity index (χ0) is 14.3. The first-order valence-corrected chi connectivity index (χ1v) is 7.65. The van der Waals surface area contributed by atoms with Crippen LogP contribution in [0.5, 0.6) is 0 Å². The van der Waals surface area contributed by atoms with E-state index >= 15 is 0 Å². The van der Waals surface area contributed by atoms with E-state index in [1.165, 1.54) is 6.42 Å². The Bertz CT molecular complexity index is 507. The molecule has 1 amide bonds. The molecule has 0 radical (unpaired) electrons. The summed E-state index contributed by atoms with van der Waals surface area (Å²) in [5.74, 6) is 0.0796. The van der Waals surface area contributed by atoms with E-state index in [2.05, 4.69) is 10.2 Å². The third kappa shape index (κ3) is 2.14. The number of amides is 1. The van der Waals surface area contributed by atoms with Gasteiger partial charge in [-0.3, -0.25) is 9.89 Å². The average molecular weight is 277 g/mol. The summed E-state index contributed by atoms with van der Waals surface area (Å²) in [5, 5.41) is 7.30. The van der Waals surface area contributed by atoms with Crippen molar-refractivity contribution < 1.29 is 9.53 Å². The van der Waals surface area contributed by atoms with Crippen LogP contribution in [0.3, 0.4) is 0 Å². The maximum atomic E-state index is 12.8. The molecule has 1 aliphatic heterocycles. The summed E-state index contributed by atoms with van der Waals surface area (Å²) in [6.07, 6.45) is 4.38. The predicted octanol–water partition coefficient (Wildman–Crippen LogP) is 2.45. The van der Waals surface area contributed by atoms with E-state index in [1.807, 2.05) is 25.7 Å². The molecule has 2 heterocycles. The zero-order valence-corrected chi connectivity index (χ0v) is 12.5. The fraction of sp³-hybridized carbons (Fsp3) is 0.733. The van der Waals surface area contributed by atoms with Gasteiger partial charge in [0.15, 0.2) is 5.69 Å². The molecule has 1 aromatic rings. The van der Waals surface area contributed by atoms with Gasteiger partial charge < -0.3 is 9.64 Å². The highest BCUT2D eigenvalue weighted by atomic mass is 16.5. The van der Waals surface area contributed by atoms with Crippen molar-refractivity contribution in [2.45, 2.75) is 64.7 Å². The van der Waals surface area contributed by atoms with E-state index in [9.17, 15) is 4.79 Å². The number of fused-ring (bicyclic) bond motifs is 1. The second-order valence-corrected chi connectivity index (χ2v) is 5.93. The minimum Gasteiger partial charge on any atom is -0.369 e. The number of H-pyrrole nitrogens is 1. The van der Waals surface area contributed by atoms with Crippen molar-refractivity contribution in [1.82, 2.24) is 15.1 Å². The number of ether oxygens (including phenoxy) is 1. The highest BCUT2D eigenvalue weighted by molar-refractivity contribution is 5.94. The molecule has 5 nitrogen and oxygen atoms in total. The number of hydrogen-bond acceptors (Lipinski definition) is 3. The molecule has 110 valence electrons. The van der Waals surface area contributed by atoms with Crippen LogP contribution >= 0.6 is 0 Å². The van der Waals surface area contributed by atoms with E-state index < -0.39 is 0 Å². The van der Waals surface area contributed by atoms with Crippen LogP contribution in [-0.4, -0.2) is 39.7 Å². The van der Waals surface area contributed by atoms with Crippen LogP contribution in [-0.2, 0) is 11.2 Å². The van der Waals surface area contributed by atoms with Gasteiger partial charge in [0.2, 0.25) is 0 Å². The number of nitrogens with one attached hydrogen (secondary N) is 1. The van der Waals surface area contributed by atoms with Crippen LogP contribution in [0.15, 0.2) is 0 Å². The van der Waals surface area contributed by atoms with Gasteiger partial charge >= 0.3 is 0 Å². The third-order valence-electron chi connectivity index (χ3n) is 4.55. The monoisotopic (exact) mass is 277 g/mol. The second-order valence-electron chi connectivity index (χ2n) is 5.93. The van der Waals surface area contributed by atoms with E-state index in [4.69, 9.17) is 4.74 Å². The van der Waals surface area contributed by atoms with Gasteiger partial charge in [0, 0.05) is 24.6 Å². The van der Waals surface area contributed by atoms with Crippen molar-refractivity contribution in [3.8, 4) is 0 Å². The maximum Gasteiger partial charge on any atom is 0.274 e. The molecular weight excluding hydrogens is 254 g/mol. The van der Waals surface area contributed by atoms with Crippen molar-refractivity contribution in [2.75, 3.05) is 6.54 Å². The fourth-order valence-corrected chi connectivity index (χ4v) is 3.25. The Kier molecular flexibility index (Phi) is 3.54. The molecule has 0 saturated heterocycles. The molecule has 0 aromatic carbocycles. The minimum atomic E-state index is -0.0124. The molecule has 1 aromatic heterocycles. The first-order chi connectivity index (χ1) is 9.61. The van der Waals surface area contributed by atoms with Crippen LogP contribution in [0.1, 0.15) is 67.9 Å². The molecule has 1 aliphatic carbocycles. The third-order valence-corrected chi connectivity index (χ3v) is 4.55. The Hall–Kier alpha value is -1.36. The number of nitrogens with zero attached hydrogens (tertiary/aromatic N) is 2. The molecule has 20 heavy (non-hydrogen) atoms. The van der Waals surface area contributed by atoms with Gasteiger partial charge in [-0.25, -0.2) is 0 Å². The molecule has 0 spiro atoms. The van der Waals surface area contributed by atoms with E-state index in [-0.39, 0.29) is 18.1 Å². The first-order valence-electron chi connectivity index (χ1n) is 7.65. The van der Waals surface area contributed by atoms with Crippen LogP contribution in [0.4, 0.5) is 0 Å². The van der Waals surface area contributed by atoms with Gasteiger partial charge in [0.1, 0.15) is 0 Å². The number of aromatic nitrogens is 2. The van der Waals surface area contributed by atoms with E-state index in [0.717, 1.165) is 37.1 Å².